The van der Waals surface area contributed by atoms with Crippen molar-refractivity contribution in [1.82, 2.24) is 0 Å². The van der Waals surface area contributed by atoms with Gasteiger partial charge in [0.15, 0.2) is 11.5 Å². The third-order valence-corrected chi connectivity index (χ3v) is 18.5. The van der Waals surface area contributed by atoms with Gasteiger partial charge in [-0.1, -0.05) is 158 Å². The van der Waals surface area contributed by atoms with Crippen LogP contribution >= 0.6 is 17.2 Å². The van der Waals surface area contributed by atoms with Gasteiger partial charge in [0.25, 0.3) is 0 Å². The summed E-state index contributed by atoms with van der Waals surface area (Å²) in [4.78, 5) is 81.7. The number of carbonyl (C=O) groups is 6. The highest BCUT2D eigenvalue weighted by Crippen LogP contribution is 2.56. The first kappa shape index (κ1) is 72.0. The second-order valence-electron chi connectivity index (χ2n) is 23.2. The highest BCUT2D eigenvalue weighted by Gasteiger charge is 2.36. The van der Waals surface area contributed by atoms with Crippen molar-refractivity contribution < 1.29 is 84.3 Å². The molecule has 0 saturated carbocycles. The number of esters is 6. The molecule has 514 valence electrons. The van der Waals surface area contributed by atoms with Crippen LogP contribution in [0.1, 0.15) is 105 Å². The van der Waals surface area contributed by atoms with Gasteiger partial charge in [0.05, 0.1) is 28.4 Å². The molecule has 0 aromatic heterocycles. The van der Waals surface area contributed by atoms with Gasteiger partial charge in [-0.15, -0.1) is 0 Å². The number of hydrogen-bond acceptors (Lipinski definition) is 18. The number of carbonyl (C=O) groups excluding carboxylic acids is 6. The molecule has 0 aliphatic carbocycles. The first-order valence-electron chi connectivity index (χ1n) is 32.7. The minimum absolute atomic E-state index is 0.103. The van der Waals surface area contributed by atoms with E-state index in [1.807, 2.05) is 135 Å². The molecule has 0 aliphatic heterocycles. The maximum absolute atomic E-state index is 15.8. The van der Waals surface area contributed by atoms with E-state index in [2.05, 4.69) is 0 Å². The molecule has 0 N–H and O–H groups in total. The van der Waals surface area contributed by atoms with Crippen LogP contribution in [0.2, 0.25) is 0 Å². The summed E-state index contributed by atoms with van der Waals surface area (Å²) in [5, 5.41) is 2.03. The number of benzene rings is 10. The van der Waals surface area contributed by atoms with Crippen molar-refractivity contribution in [2.75, 3.05) is 28.4 Å². The van der Waals surface area contributed by atoms with E-state index in [1.54, 1.807) is 84.9 Å². The maximum Gasteiger partial charge on any atom is 0.530 e. The highest BCUT2D eigenvalue weighted by atomic mass is 31.2. The number of hydrogen-bond donors (Lipinski definition) is 0. The third kappa shape index (κ3) is 18.9. The molecule has 0 fully saturated rings. The number of aryl methyl sites for hydroxylation is 6. The Hall–Kier alpha value is -10.8. The SMILES string of the molecule is COC(=O)CCCc1ccccc1OP(Oc1ccccc1CCCC(=O)OC)Oc1c(C(=O)Oc2ccccc2C)cc2ccccc2c1-c1c(OP(Oc2ccccc2CCCC(=O)OC)Oc2ccccc2CCCC(=O)OC)c(C(=O)Oc2ccccc2C)cc2ccccc12. The second-order valence-corrected chi connectivity index (χ2v) is 25.1. The van der Waals surface area contributed by atoms with E-state index >= 15 is 9.59 Å². The zero-order valence-electron chi connectivity index (χ0n) is 56.4. The van der Waals surface area contributed by atoms with Gasteiger partial charge in [0, 0.05) is 36.8 Å². The second kappa shape index (κ2) is 35.6. The summed E-state index contributed by atoms with van der Waals surface area (Å²) >= 11 is 0. The van der Waals surface area contributed by atoms with Gasteiger partial charge < -0.3 is 55.6 Å². The Morgan fingerprint density at radius 1 is 0.310 bits per heavy atom. The van der Waals surface area contributed by atoms with Gasteiger partial charge >= 0.3 is 53.0 Å². The Morgan fingerprint density at radius 2 is 0.570 bits per heavy atom. The van der Waals surface area contributed by atoms with Crippen LogP contribution in [0.3, 0.4) is 0 Å². The van der Waals surface area contributed by atoms with Gasteiger partial charge in [-0.2, -0.15) is 0 Å². The van der Waals surface area contributed by atoms with Gasteiger partial charge in [-0.05, 0) is 169 Å². The lowest BCUT2D eigenvalue weighted by Gasteiger charge is -2.27. The molecule has 0 spiro atoms. The minimum atomic E-state index is -2.80. The van der Waals surface area contributed by atoms with Gasteiger partial charge in [-0.3, -0.25) is 19.2 Å². The predicted octanol–water partition coefficient (Wildman–Crippen LogP) is 18.2. The zero-order chi connectivity index (χ0) is 70.3. The highest BCUT2D eigenvalue weighted by molar-refractivity contribution is 7.43. The van der Waals surface area contributed by atoms with Crippen LogP contribution in [0.5, 0.6) is 46.0 Å². The Morgan fingerprint density at radius 3 is 0.860 bits per heavy atom. The molecule has 10 aromatic rings. The number of ether oxygens (including phenoxy) is 6. The summed E-state index contributed by atoms with van der Waals surface area (Å²) in [5.74, 6) is -1.63. The van der Waals surface area contributed by atoms with Gasteiger partial charge in [0.1, 0.15) is 45.6 Å². The van der Waals surface area contributed by atoms with Crippen LogP contribution in [0.15, 0.2) is 206 Å². The van der Waals surface area contributed by atoms with Gasteiger partial charge in [0.2, 0.25) is 0 Å². The lowest BCUT2D eigenvalue weighted by atomic mass is 9.88. The van der Waals surface area contributed by atoms with Crippen molar-refractivity contribution in [2.24, 2.45) is 0 Å². The van der Waals surface area contributed by atoms with Crippen LogP contribution in [0.4, 0.5) is 0 Å². The molecule has 0 radical (unpaired) electrons. The summed E-state index contributed by atoms with van der Waals surface area (Å²) < 4.78 is 76.2. The number of para-hydroxylation sites is 6. The van der Waals surface area contributed by atoms with Crippen LogP contribution in [-0.2, 0) is 63.8 Å². The Balaban J connectivity index is 1.26. The summed E-state index contributed by atoms with van der Waals surface area (Å²) in [5.41, 5.74) is 4.29. The van der Waals surface area contributed by atoms with E-state index in [4.69, 9.17) is 55.6 Å². The predicted molar refractivity (Wildman–Crippen MR) is 382 cm³/mol. The molecule has 0 saturated heterocycles. The van der Waals surface area contributed by atoms with Crippen LogP contribution in [0, 0.1) is 13.8 Å². The zero-order valence-corrected chi connectivity index (χ0v) is 58.1. The van der Waals surface area contributed by atoms with Crippen molar-refractivity contribution in [3.63, 3.8) is 0 Å². The van der Waals surface area contributed by atoms with Crippen LogP contribution < -0.4 is 36.6 Å². The molecule has 18 nitrogen and oxygen atoms in total. The molecule has 100 heavy (non-hydrogen) atoms. The molecular formula is C80H76O18P2. The average molecular weight is 1390 g/mol. The van der Waals surface area contributed by atoms with E-state index in [0.29, 0.717) is 129 Å². The quantitative estimate of drug-likeness (QED) is 0.0162. The fraction of sp³-hybridized carbons (Fsp3) is 0.225. The summed E-state index contributed by atoms with van der Waals surface area (Å²) in [7, 11) is -0.250. The van der Waals surface area contributed by atoms with Crippen molar-refractivity contribution in [3.8, 4) is 57.1 Å². The molecule has 20 heteroatoms. The molecule has 10 rings (SSSR count). The van der Waals surface area contributed by atoms with E-state index in [9.17, 15) is 19.2 Å². The van der Waals surface area contributed by atoms with E-state index in [-0.39, 0.29) is 94.8 Å². The summed E-state index contributed by atoms with van der Waals surface area (Å²) in [6.07, 6.45) is 3.57. The number of methoxy groups -OCH3 is 4. The molecular weight excluding hydrogens is 1310 g/mol. The van der Waals surface area contributed by atoms with Gasteiger partial charge in [-0.25, -0.2) is 9.59 Å². The molecule has 0 bridgehead atoms. The molecule has 0 aliphatic rings. The topological polar surface area (TPSA) is 213 Å². The number of rotatable bonds is 33. The fourth-order valence-corrected chi connectivity index (χ4v) is 13.4. The molecule has 0 unspecified atom stereocenters. The van der Waals surface area contributed by atoms with E-state index in [0.717, 1.165) is 0 Å². The largest absolute Gasteiger partial charge is 0.530 e. The summed E-state index contributed by atoms with van der Waals surface area (Å²) in [6.45, 7) is 3.64. The first-order chi connectivity index (χ1) is 48.7. The standard InChI is InChI=1S/C80H76O18P2/c1-53-27-7-17-41-65(53)91-79(85)63-51-59-33-9-15-39-61(59)75(77(63)97-99(93-67-43-19-11-29-55(67)35-23-47-71(81)87-3)94-68-44-20-12-30-56(68)36-24-48-72(82)88-4)76-62-40-16-10-34-60(62)52-64(80(86)92-66-42-18-8-28-54(66)2)78(76)98-100(95-69-45-21-13-31-57(69)37-25-49-73(83)89-5)96-70-46-22-14-32-58(70)38-26-50-74(84)90-6/h7-22,27-34,39-46,51-52H,23-26,35-38,47-50H2,1-6H3. The molecule has 10 aromatic carbocycles. The van der Waals surface area contributed by atoms with E-state index in [1.165, 1.54) is 28.4 Å². The Bertz CT molecular complexity index is 4130. The normalized spacial score (nSPS) is 11.0. The maximum atomic E-state index is 15.8. The molecule has 0 amide bonds. The molecule has 0 heterocycles. The lowest BCUT2D eigenvalue weighted by Crippen LogP contribution is -2.15. The number of fused-ring (bicyclic) bond motifs is 2. The smallest absolute Gasteiger partial charge is 0.469 e. The minimum Gasteiger partial charge on any atom is -0.469 e. The van der Waals surface area contributed by atoms with Crippen molar-refractivity contribution in [2.45, 2.75) is 90.9 Å². The third-order valence-electron chi connectivity index (χ3n) is 16.4. The van der Waals surface area contributed by atoms with Crippen LogP contribution in [-0.4, -0.2) is 64.3 Å². The monoisotopic (exact) mass is 1390 g/mol. The molecule has 0 atom stereocenters. The van der Waals surface area contributed by atoms with Crippen LogP contribution in [0.25, 0.3) is 32.7 Å². The fourth-order valence-electron chi connectivity index (χ4n) is 11.2. The van der Waals surface area contributed by atoms with Crippen molar-refractivity contribution in [3.05, 3.63) is 251 Å². The Kier molecular flexibility index (Phi) is 25.6. The van der Waals surface area contributed by atoms with Crippen molar-refractivity contribution >= 4 is 74.6 Å². The van der Waals surface area contributed by atoms with Crippen molar-refractivity contribution in [1.29, 1.82) is 0 Å². The average Bonchev–Trinajstić information content (AvgIpc) is 0.730. The summed E-state index contributed by atoms with van der Waals surface area (Å²) in [6, 6.07) is 61.3. The lowest BCUT2D eigenvalue weighted by molar-refractivity contribution is -0.141. The Labute approximate surface area is 583 Å². The first-order valence-corrected chi connectivity index (χ1v) is 34.9. The van der Waals surface area contributed by atoms with E-state index < -0.39 is 29.1 Å².